The van der Waals surface area contributed by atoms with Crippen LogP contribution in [0.4, 0.5) is 4.39 Å². The third kappa shape index (κ3) is 2.72. The summed E-state index contributed by atoms with van der Waals surface area (Å²) in [5.41, 5.74) is 0.311. The van der Waals surface area contributed by atoms with Crippen LogP contribution in [0.15, 0.2) is 23.1 Å². The van der Waals surface area contributed by atoms with Crippen LogP contribution in [-0.4, -0.2) is 12.0 Å². The van der Waals surface area contributed by atoms with Crippen molar-refractivity contribution < 1.29 is 9.18 Å². The third-order valence-electron chi connectivity index (χ3n) is 1.69. The number of halogens is 2. The van der Waals surface area contributed by atoms with Crippen LogP contribution in [0.25, 0.3) is 0 Å². The second kappa shape index (κ2) is 5.37. The zero-order valence-electron chi connectivity index (χ0n) is 7.67. The number of rotatable bonds is 4. The monoisotopic (exact) mass is 232 g/mol. The van der Waals surface area contributed by atoms with Crippen LogP contribution in [0, 0.1) is 0 Å². The maximum atomic E-state index is 12.9. The first-order chi connectivity index (χ1) is 6.69. The fourth-order valence-electron chi connectivity index (χ4n) is 1.04. The lowest BCUT2D eigenvalue weighted by Gasteiger charge is -2.05. The Morgan fingerprint density at radius 2 is 2.36 bits per heavy atom. The summed E-state index contributed by atoms with van der Waals surface area (Å²) >= 11 is 7.49. The van der Waals surface area contributed by atoms with Crippen LogP contribution >= 0.6 is 23.4 Å². The molecule has 0 saturated carbocycles. The van der Waals surface area contributed by atoms with Crippen LogP contribution in [0.5, 0.6) is 0 Å². The minimum Gasteiger partial charge on any atom is -0.300 e. The van der Waals surface area contributed by atoms with E-state index in [1.165, 1.54) is 6.07 Å². The lowest BCUT2D eigenvalue weighted by Crippen LogP contribution is -1.92. The fourth-order valence-corrected chi connectivity index (χ4v) is 2.06. The van der Waals surface area contributed by atoms with E-state index >= 15 is 0 Å². The highest BCUT2D eigenvalue weighted by Crippen LogP contribution is 2.29. The molecule has 0 heterocycles. The largest absolute Gasteiger partial charge is 0.300 e. The van der Waals surface area contributed by atoms with Gasteiger partial charge < -0.3 is 0 Å². The smallest absolute Gasteiger partial charge is 0.180 e. The molecule has 0 spiro atoms. The summed E-state index contributed by atoms with van der Waals surface area (Å²) in [6.45, 7) is 2.01. The van der Waals surface area contributed by atoms with Gasteiger partial charge >= 0.3 is 0 Å². The number of carbonyl (C=O) groups excluding carboxylic acids is 1. The number of carbonyl (C=O) groups is 1. The Labute approximate surface area is 91.6 Å². The highest BCUT2D eigenvalue weighted by molar-refractivity contribution is 7.99. The predicted molar refractivity (Wildman–Crippen MR) is 57.8 cm³/mol. The molecule has 1 aromatic carbocycles. The molecule has 0 bridgehead atoms. The number of thioether (sulfide) groups is 1. The van der Waals surface area contributed by atoms with Crippen molar-refractivity contribution in [2.45, 2.75) is 18.0 Å². The molecule has 76 valence electrons. The van der Waals surface area contributed by atoms with Gasteiger partial charge in [-0.3, -0.25) is 4.79 Å². The lowest BCUT2D eigenvalue weighted by molar-refractivity contribution is -0.112. The molecule has 0 aliphatic carbocycles. The highest BCUT2D eigenvalue weighted by atomic mass is 35.5. The molecule has 0 amide bonds. The average Bonchev–Trinajstić information content (AvgIpc) is 2.20. The number of alkyl halides is 1. The second-order valence-corrected chi connectivity index (χ2v) is 4.37. The van der Waals surface area contributed by atoms with E-state index in [-0.39, 0.29) is 6.29 Å². The zero-order chi connectivity index (χ0) is 10.6. The fraction of sp³-hybridized carbons (Fsp3) is 0.300. The Morgan fingerprint density at radius 1 is 1.64 bits per heavy atom. The molecule has 0 saturated heterocycles. The molecule has 0 aromatic heterocycles. The molecule has 0 N–H and O–H groups in total. The first-order valence-electron chi connectivity index (χ1n) is 4.20. The Balaban J connectivity index is 2.93. The number of benzene rings is 1. The van der Waals surface area contributed by atoms with Gasteiger partial charge in [-0.15, -0.1) is 11.8 Å². The maximum absolute atomic E-state index is 12.9. The molecule has 14 heavy (non-hydrogen) atoms. The standard InChI is InChI=1S/C10H10ClFOS/c1-2-14-10-4-3-7(5-8(10)11)9(12)6-13/h3-6,9H,2H2,1H3. The molecule has 0 aliphatic rings. The molecule has 4 heteroatoms. The van der Waals surface area contributed by atoms with E-state index in [0.29, 0.717) is 10.6 Å². The van der Waals surface area contributed by atoms with E-state index in [1.807, 2.05) is 6.92 Å². The number of hydrogen-bond donors (Lipinski definition) is 0. The van der Waals surface area contributed by atoms with E-state index in [2.05, 4.69) is 0 Å². The highest BCUT2D eigenvalue weighted by Gasteiger charge is 2.10. The second-order valence-electron chi connectivity index (χ2n) is 2.66. The van der Waals surface area contributed by atoms with Crippen molar-refractivity contribution in [1.29, 1.82) is 0 Å². The summed E-state index contributed by atoms with van der Waals surface area (Å²) in [5.74, 6) is 0.909. The molecule has 0 aliphatic heterocycles. The van der Waals surface area contributed by atoms with Crippen molar-refractivity contribution in [3.63, 3.8) is 0 Å². The van der Waals surface area contributed by atoms with Crippen molar-refractivity contribution in [2.75, 3.05) is 5.75 Å². The van der Waals surface area contributed by atoms with Gasteiger partial charge in [-0.05, 0) is 23.4 Å². The maximum Gasteiger partial charge on any atom is 0.180 e. The van der Waals surface area contributed by atoms with E-state index in [1.54, 1.807) is 23.9 Å². The van der Waals surface area contributed by atoms with Gasteiger partial charge in [0.2, 0.25) is 0 Å². The quantitative estimate of drug-likeness (QED) is 0.582. The van der Waals surface area contributed by atoms with Crippen molar-refractivity contribution in [3.8, 4) is 0 Å². The summed E-state index contributed by atoms with van der Waals surface area (Å²) in [7, 11) is 0. The topological polar surface area (TPSA) is 17.1 Å². The first kappa shape index (κ1) is 11.5. The molecule has 1 nitrogen and oxygen atoms in total. The Morgan fingerprint density at radius 3 is 2.86 bits per heavy atom. The summed E-state index contributed by atoms with van der Waals surface area (Å²) < 4.78 is 12.9. The summed E-state index contributed by atoms with van der Waals surface area (Å²) in [4.78, 5) is 11.1. The van der Waals surface area contributed by atoms with Crippen molar-refractivity contribution in [2.24, 2.45) is 0 Å². The van der Waals surface area contributed by atoms with Gasteiger partial charge in [0.05, 0.1) is 5.02 Å². The summed E-state index contributed by atoms with van der Waals surface area (Å²) in [6, 6.07) is 4.82. The predicted octanol–water partition coefficient (Wildman–Crippen LogP) is 3.66. The minimum atomic E-state index is -1.58. The van der Waals surface area contributed by atoms with E-state index in [0.717, 1.165) is 10.6 Å². The molecular formula is C10H10ClFOS. The van der Waals surface area contributed by atoms with Crippen LogP contribution in [0.2, 0.25) is 5.02 Å². The molecule has 1 rings (SSSR count). The third-order valence-corrected chi connectivity index (χ3v) is 3.07. The van der Waals surface area contributed by atoms with Gasteiger partial charge in [-0.1, -0.05) is 24.6 Å². The van der Waals surface area contributed by atoms with Crippen molar-refractivity contribution in [1.82, 2.24) is 0 Å². The molecule has 0 fully saturated rings. The summed E-state index contributed by atoms with van der Waals surface area (Å²) in [6.07, 6.45) is -1.31. The molecular weight excluding hydrogens is 223 g/mol. The number of aldehydes is 1. The molecule has 1 aromatic rings. The minimum absolute atomic E-state index is 0.262. The molecule has 1 unspecified atom stereocenters. The lowest BCUT2D eigenvalue weighted by atomic mass is 10.1. The first-order valence-corrected chi connectivity index (χ1v) is 5.57. The normalized spacial score (nSPS) is 12.5. The Bertz CT molecular complexity index is 330. The average molecular weight is 233 g/mol. The van der Waals surface area contributed by atoms with E-state index in [9.17, 15) is 9.18 Å². The number of hydrogen-bond acceptors (Lipinski definition) is 2. The van der Waals surface area contributed by atoms with Gasteiger partial charge in [0.15, 0.2) is 12.5 Å². The van der Waals surface area contributed by atoms with Crippen LogP contribution < -0.4 is 0 Å². The Hall–Kier alpha value is -0.540. The van der Waals surface area contributed by atoms with Crippen LogP contribution in [0.1, 0.15) is 18.7 Å². The van der Waals surface area contributed by atoms with Gasteiger partial charge in [0, 0.05) is 4.90 Å². The van der Waals surface area contributed by atoms with Crippen LogP contribution in [0.3, 0.4) is 0 Å². The van der Waals surface area contributed by atoms with E-state index < -0.39 is 6.17 Å². The van der Waals surface area contributed by atoms with E-state index in [4.69, 9.17) is 11.6 Å². The molecule has 1 atom stereocenters. The van der Waals surface area contributed by atoms with Gasteiger partial charge in [0.25, 0.3) is 0 Å². The van der Waals surface area contributed by atoms with Crippen LogP contribution in [-0.2, 0) is 4.79 Å². The molecule has 0 radical (unpaired) electrons. The Kier molecular flexibility index (Phi) is 4.42. The van der Waals surface area contributed by atoms with Crippen molar-refractivity contribution in [3.05, 3.63) is 28.8 Å². The van der Waals surface area contributed by atoms with Gasteiger partial charge in [-0.2, -0.15) is 0 Å². The SMILES string of the molecule is CCSc1ccc(C(F)C=O)cc1Cl. The van der Waals surface area contributed by atoms with Crippen molar-refractivity contribution >= 4 is 29.6 Å². The zero-order valence-corrected chi connectivity index (χ0v) is 9.24. The summed E-state index contributed by atoms with van der Waals surface area (Å²) in [5, 5.41) is 0.499. The van der Waals surface area contributed by atoms with Gasteiger partial charge in [0.1, 0.15) is 0 Å². The van der Waals surface area contributed by atoms with Gasteiger partial charge in [-0.25, -0.2) is 4.39 Å².